The molecule has 90 valence electrons. The summed E-state index contributed by atoms with van der Waals surface area (Å²) >= 11 is 0. The number of hydrogen-bond donors (Lipinski definition) is 0. The van der Waals surface area contributed by atoms with Crippen molar-refractivity contribution in [3.05, 3.63) is 41.7 Å². The second kappa shape index (κ2) is 3.91. The molecule has 1 aromatic heterocycles. The molecule has 0 atom stereocenters. The average Bonchev–Trinajstić information content (AvgIpc) is 2.61. The van der Waals surface area contributed by atoms with Crippen LogP contribution < -0.4 is 0 Å². The topological polar surface area (TPSA) is 17.8 Å². The molecule has 0 spiro atoms. The molecular weight excluding hydrogens is 229 g/mol. The van der Waals surface area contributed by atoms with Gasteiger partial charge in [-0.3, -0.25) is 0 Å². The maximum atomic E-state index is 12.5. The van der Waals surface area contributed by atoms with Crippen LogP contribution in [0.3, 0.4) is 0 Å². The van der Waals surface area contributed by atoms with Crippen LogP contribution in [0.25, 0.3) is 11.4 Å². The summed E-state index contributed by atoms with van der Waals surface area (Å²) in [6.07, 6.45) is -3.41. The van der Waals surface area contributed by atoms with Crippen LogP contribution in [-0.4, -0.2) is 9.55 Å². The summed E-state index contributed by atoms with van der Waals surface area (Å²) < 4.78 is 38.8. The maximum Gasteiger partial charge on any atom is 0.434 e. The second-order valence-electron chi connectivity index (χ2n) is 3.92. The highest BCUT2D eigenvalue weighted by atomic mass is 19.4. The Morgan fingerprint density at radius 3 is 2.18 bits per heavy atom. The van der Waals surface area contributed by atoms with Gasteiger partial charge in [0.1, 0.15) is 5.82 Å². The lowest BCUT2D eigenvalue weighted by Gasteiger charge is -2.01. The molecule has 2 nitrogen and oxygen atoms in total. The molecule has 0 N–H and O–H groups in total. The van der Waals surface area contributed by atoms with Crippen LogP contribution in [0.5, 0.6) is 0 Å². The van der Waals surface area contributed by atoms with E-state index < -0.39 is 11.9 Å². The number of halogens is 3. The summed E-state index contributed by atoms with van der Waals surface area (Å²) in [6, 6.07) is 7.21. The summed E-state index contributed by atoms with van der Waals surface area (Å²) in [6.45, 7) is 1.92. The molecule has 5 heteroatoms. The Labute approximate surface area is 96.7 Å². The summed E-state index contributed by atoms with van der Waals surface area (Å²) in [5.41, 5.74) is 0.864. The van der Waals surface area contributed by atoms with Gasteiger partial charge in [0.2, 0.25) is 0 Å². The van der Waals surface area contributed by atoms with Crippen LogP contribution in [0, 0.1) is 6.92 Å². The minimum Gasteiger partial charge on any atom is -0.333 e. The highest BCUT2D eigenvalue weighted by Crippen LogP contribution is 2.30. The van der Waals surface area contributed by atoms with Gasteiger partial charge in [0, 0.05) is 18.8 Å². The van der Waals surface area contributed by atoms with Gasteiger partial charge in [-0.05, 0) is 6.92 Å². The molecule has 2 aromatic rings. The Morgan fingerprint density at radius 2 is 1.71 bits per heavy atom. The summed E-state index contributed by atoms with van der Waals surface area (Å²) in [5, 5.41) is 0. The number of imidazole rings is 1. The molecule has 0 saturated carbocycles. The number of rotatable bonds is 1. The van der Waals surface area contributed by atoms with Crippen molar-refractivity contribution in [2.45, 2.75) is 13.1 Å². The van der Waals surface area contributed by atoms with Gasteiger partial charge in [-0.15, -0.1) is 0 Å². The third kappa shape index (κ3) is 2.33. The van der Waals surface area contributed by atoms with Gasteiger partial charge in [0.15, 0.2) is 5.69 Å². The normalized spacial score (nSPS) is 11.8. The molecule has 0 unspecified atom stereocenters. The molecule has 0 aliphatic heterocycles. The standard InChI is InChI=1S/C12H11F3N2/c1-8-3-5-9(6-4-8)11-16-10(7-17(11)2)12(13,14)15/h3-7H,1-2H3. The van der Waals surface area contributed by atoms with E-state index in [2.05, 4.69) is 4.98 Å². The molecule has 0 amide bonds. The molecule has 2 rings (SSSR count). The molecule has 0 saturated heterocycles. The lowest BCUT2D eigenvalue weighted by atomic mass is 10.1. The van der Waals surface area contributed by atoms with Crippen LogP contribution in [0.15, 0.2) is 30.5 Å². The first-order valence-electron chi connectivity index (χ1n) is 5.05. The molecule has 0 aliphatic rings. The van der Waals surface area contributed by atoms with Crippen molar-refractivity contribution in [1.82, 2.24) is 9.55 Å². The third-order valence-corrected chi connectivity index (χ3v) is 2.48. The summed E-state index contributed by atoms with van der Waals surface area (Å²) in [7, 11) is 1.55. The van der Waals surface area contributed by atoms with Gasteiger partial charge >= 0.3 is 6.18 Å². The summed E-state index contributed by atoms with van der Waals surface area (Å²) in [4.78, 5) is 3.62. The van der Waals surface area contributed by atoms with Crippen molar-refractivity contribution in [1.29, 1.82) is 0 Å². The second-order valence-corrected chi connectivity index (χ2v) is 3.92. The van der Waals surface area contributed by atoms with E-state index in [1.807, 2.05) is 19.1 Å². The first-order valence-corrected chi connectivity index (χ1v) is 5.05. The highest BCUT2D eigenvalue weighted by Gasteiger charge is 2.34. The summed E-state index contributed by atoms with van der Waals surface area (Å²) in [5.74, 6) is 0.317. The van der Waals surface area contributed by atoms with Gasteiger partial charge in [-0.25, -0.2) is 4.98 Å². The molecule has 0 fully saturated rings. The van der Waals surface area contributed by atoms with E-state index in [0.717, 1.165) is 11.8 Å². The SMILES string of the molecule is Cc1ccc(-c2nc(C(F)(F)F)cn2C)cc1. The van der Waals surface area contributed by atoms with Gasteiger partial charge in [-0.1, -0.05) is 29.8 Å². The molecule has 0 bridgehead atoms. The fraction of sp³-hybridized carbons (Fsp3) is 0.250. The van der Waals surface area contributed by atoms with E-state index in [0.29, 0.717) is 11.4 Å². The molecule has 0 aliphatic carbocycles. The highest BCUT2D eigenvalue weighted by molar-refractivity contribution is 5.56. The predicted octanol–water partition coefficient (Wildman–Crippen LogP) is 3.41. The smallest absolute Gasteiger partial charge is 0.333 e. The molecule has 1 heterocycles. The first-order chi connectivity index (χ1) is 7.88. The fourth-order valence-corrected chi connectivity index (χ4v) is 1.57. The Morgan fingerprint density at radius 1 is 1.12 bits per heavy atom. The van der Waals surface area contributed by atoms with Crippen molar-refractivity contribution in [2.24, 2.45) is 7.05 Å². The van der Waals surface area contributed by atoms with Crippen LogP contribution in [0.1, 0.15) is 11.3 Å². The van der Waals surface area contributed by atoms with Crippen LogP contribution in [0.4, 0.5) is 13.2 Å². The average molecular weight is 240 g/mol. The zero-order valence-electron chi connectivity index (χ0n) is 9.42. The molecular formula is C12H11F3N2. The third-order valence-electron chi connectivity index (χ3n) is 2.48. The van der Waals surface area contributed by atoms with E-state index in [-0.39, 0.29) is 0 Å². The van der Waals surface area contributed by atoms with E-state index in [1.165, 1.54) is 4.57 Å². The quantitative estimate of drug-likeness (QED) is 0.746. The van der Waals surface area contributed by atoms with Crippen molar-refractivity contribution in [3.63, 3.8) is 0 Å². The van der Waals surface area contributed by atoms with Gasteiger partial charge in [0.05, 0.1) is 0 Å². The fourth-order valence-electron chi connectivity index (χ4n) is 1.57. The molecule has 17 heavy (non-hydrogen) atoms. The number of alkyl halides is 3. The minimum absolute atomic E-state index is 0.317. The van der Waals surface area contributed by atoms with Crippen molar-refractivity contribution in [3.8, 4) is 11.4 Å². The van der Waals surface area contributed by atoms with E-state index in [1.54, 1.807) is 19.2 Å². The van der Waals surface area contributed by atoms with E-state index in [4.69, 9.17) is 0 Å². The minimum atomic E-state index is -4.40. The maximum absolute atomic E-state index is 12.5. The number of aromatic nitrogens is 2. The predicted molar refractivity (Wildman–Crippen MR) is 58.4 cm³/mol. The Hall–Kier alpha value is -1.78. The van der Waals surface area contributed by atoms with Gasteiger partial charge < -0.3 is 4.57 Å². The lowest BCUT2D eigenvalue weighted by molar-refractivity contribution is -0.140. The monoisotopic (exact) mass is 240 g/mol. The molecule has 0 radical (unpaired) electrons. The van der Waals surface area contributed by atoms with E-state index in [9.17, 15) is 13.2 Å². The number of aryl methyl sites for hydroxylation is 2. The first kappa shape index (κ1) is 11.7. The van der Waals surface area contributed by atoms with Crippen LogP contribution in [0.2, 0.25) is 0 Å². The van der Waals surface area contributed by atoms with Crippen molar-refractivity contribution < 1.29 is 13.2 Å². The number of hydrogen-bond acceptors (Lipinski definition) is 1. The zero-order chi connectivity index (χ0) is 12.6. The van der Waals surface area contributed by atoms with Crippen LogP contribution >= 0.6 is 0 Å². The van der Waals surface area contributed by atoms with Gasteiger partial charge in [-0.2, -0.15) is 13.2 Å². The van der Waals surface area contributed by atoms with Gasteiger partial charge in [0.25, 0.3) is 0 Å². The number of benzene rings is 1. The lowest BCUT2D eigenvalue weighted by Crippen LogP contribution is -2.04. The van der Waals surface area contributed by atoms with Crippen LogP contribution in [-0.2, 0) is 13.2 Å². The Balaban J connectivity index is 2.46. The zero-order valence-corrected chi connectivity index (χ0v) is 9.42. The Bertz CT molecular complexity index is 524. The molecule has 1 aromatic carbocycles. The number of nitrogens with zero attached hydrogens (tertiary/aromatic N) is 2. The van der Waals surface area contributed by atoms with E-state index >= 15 is 0 Å². The Kier molecular flexibility index (Phi) is 2.69. The largest absolute Gasteiger partial charge is 0.434 e. The van der Waals surface area contributed by atoms with Crippen molar-refractivity contribution >= 4 is 0 Å². The van der Waals surface area contributed by atoms with Crippen molar-refractivity contribution in [2.75, 3.05) is 0 Å².